The molecule has 2 aromatic rings. The molecule has 0 saturated carbocycles. The van der Waals surface area contributed by atoms with Crippen molar-refractivity contribution < 1.29 is 14.3 Å². The van der Waals surface area contributed by atoms with E-state index in [9.17, 15) is 9.59 Å². The van der Waals surface area contributed by atoms with Gasteiger partial charge in [-0.25, -0.2) is 0 Å². The number of hydrogen-bond acceptors (Lipinski definition) is 7. The first kappa shape index (κ1) is 21.4. The van der Waals surface area contributed by atoms with Gasteiger partial charge in [-0.15, -0.1) is 11.8 Å². The van der Waals surface area contributed by atoms with Gasteiger partial charge in [-0.1, -0.05) is 0 Å². The van der Waals surface area contributed by atoms with Crippen LogP contribution in [0.1, 0.15) is 23.7 Å². The number of aromatic nitrogens is 1. The van der Waals surface area contributed by atoms with Crippen LogP contribution in [0, 0.1) is 11.3 Å². The zero-order valence-corrected chi connectivity index (χ0v) is 18.2. The first-order valence-electron chi connectivity index (χ1n) is 10.4. The van der Waals surface area contributed by atoms with Gasteiger partial charge in [0, 0.05) is 42.2 Å². The van der Waals surface area contributed by atoms with Crippen LogP contribution in [-0.4, -0.2) is 71.7 Å². The van der Waals surface area contributed by atoms with E-state index in [1.165, 1.54) is 4.90 Å². The summed E-state index contributed by atoms with van der Waals surface area (Å²) in [4.78, 5) is 33.6. The van der Waals surface area contributed by atoms with E-state index in [2.05, 4.69) is 28.2 Å². The second kappa shape index (κ2) is 9.54. The molecular formula is C22H25N5O3S. The summed E-state index contributed by atoms with van der Waals surface area (Å²) in [7, 11) is 0. The number of rotatable bonds is 4. The molecule has 162 valence electrons. The lowest BCUT2D eigenvalue weighted by Gasteiger charge is -2.29. The molecule has 31 heavy (non-hydrogen) atoms. The first-order valence-corrected chi connectivity index (χ1v) is 11.5. The van der Waals surface area contributed by atoms with Crippen molar-refractivity contribution in [2.24, 2.45) is 0 Å². The third-order valence-corrected chi connectivity index (χ3v) is 6.64. The molecule has 1 aromatic heterocycles. The number of nitrogens with one attached hydrogen (secondary N) is 1. The second-order valence-electron chi connectivity index (χ2n) is 7.72. The van der Waals surface area contributed by atoms with Gasteiger partial charge in [-0.05, 0) is 37.6 Å². The summed E-state index contributed by atoms with van der Waals surface area (Å²) in [5.41, 5.74) is 2.22. The number of carbonyl (C=O) groups is 2. The number of pyridine rings is 1. The number of ether oxygens (including phenoxy) is 1. The lowest BCUT2D eigenvalue weighted by molar-refractivity contribution is -0.129. The van der Waals surface area contributed by atoms with Crippen molar-refractivity contribution in [3.05, 3.63) is 36.0 Å². The maximum absolute atomic E-state index is 12.9. The number of hydrogen-bond donors (Lipinski definition) is 1. The minimum absolute atomic E-state index is 0.137. The van der Waals surface area contributed by atoms with Gasteiger partial charge in [-0.3, -0.25) is 14.6 Å². The van der Waals surface area contributed by atoms with Gasteiger partial charge in [0.1, 0.15) is 6.04 Å². The minimum atomic E-state index is -0.432. The van der Waals surface area contributed by atoms with Crippen LogP contribution in [0.15, 0.2) is 30.5 Å². The topological polar surface area (TPSA) is 98.6 Å². The fraction of sp³-hybridized carbons (Fsp3) is 0.455. The molecule has 0 bridgehead atoms. The van der Waals surface area contributed by atoms with E-state index in [0.29, 0.717) is 23.8 Å². The summed E-state index contributed by atoms with van der Waals surface area (Å²) in [6.07, 6.45) is 2.55. The predicted molar refractivity (Wildman–Crippen MR) is 120 cm³/mol. The Hall–Kier alpha value is -2.83. The molecule has 0 aliphatic carbocycles. The monoisotopic (exact) mass is 439 g/mol. The number of thioether (sulfide) groups is 1. The van der Waals surface area contributed by atoms with E-state index in [1.807, 2.05) is 18.2 Å². The van der Waals surface area contributed by atoms with Crippen LogP contribution in [0.5, 0.6) is 0 Å². The quantitative estimate of drug-likeness (QED) is 0.778. The Morgan fingerprint density at radius 1 is 1.39 bits per heavy atom. The van der Waals surface area contributed by atoms with Gasteiger partial charge < -0.3 is 19.9 Å². The Labute approximate surface area is 185 Å². The van der Waals surface area contributed by atoms with E-state index < -0.39 is 6.04 Å². The van der Waals surface area contributed by atoms with Crippen LogP contribution >= 0.6 is 11.8 Å². The zero-order chi connectivity index (χ0) is 21.8. The summed E-state index contributed by atoms with van der Waals surface area (Å²) in [5.74, 6) is 0.507. The Bertz CT molecular complexity index is 1020. The van der Waals surface area contributed by atoms with Crippen LogP contribution in [0.3, 0.4) is 0 Å². The van der Waals surface area contributed by atoms with E-state index in [0.717, 1.165) is 36.2 Å². The maximum Gasteiger partial charge on any atom is 0.252 e. The number of nitrogens with zero attached hydrogens (tertiary/aromatic N) is 4. The predicted octanol–water partition coefficient (Wildman–Crippen LogP) is 2.00. The van der Waals surface area contributed by atoms with E-state index in [-0.39, 0.29) is 24.4 Å². The van der Waals surface area contributed by atoms with Crippen molar-refractivity contribution in [2.75, 3.05) is 42.8 Å². The highest BCUT2D eigenvalue weighted by atomic mass is 32.2. The van der Waals surface area contributed by atoms with Crippen LogP contribution < -0.4 is 10.2 Å². The van der Waals surface area contributed by atoms with Crippen molar-refractivity contribution in [3.8, 4) is 6.07 Å². The summed E-state index contributed by atoms with van der Waals surface area (Å²) >= 11 is 1.54. The molecule has 1 N–H and O–H groups in total. The van der Waals surface area contributed by atoms with Crippen LogP contribution in [0.25, 0.3) is 10.9 Å². The highest BCUT2D eigenvalue weighted by molar-refractivity contribution is 7.99. The summed E-state index contributed by atoms with van der Waals surface area (Å²) in [6.45, 7) is 4.29. The van der Waals surface area contributed by atoms with E-state index in [1.54, 1.807) is 24.0 Å². The average molecular weight is 440 g/mol. The van der Waals surface area contributed by atoms with Gasteiger partial charge in [-0.2, -0.15) is 5.26 Å². The van der Waals surface area contributed by atoms with Gasteiger partial charge >= 0.3 is 0 Å². The molecule has 2 unspecified atom stereocenters. The number of nitriles is 1. The van der Waals surface area contributed by atoms with Gasteiger partial charge in [0.25, 0.3) is 5.91 Å². The standard InChI is InChI=1S/C22H25N5O3S/c1-15-12-30-8-2-7-26(15)16-3-4-20-19(9-16)18(5-6-24-20)22(29)25-11-21(28)27-14-31-13-17(27)10-23/h3-6,9,15,17H,2,7-8,11-14H2,1H3,(H,25,29). The molecule has 3 heterocycles. The molecule has 2 amide bonds. The fourth-order valence-electron chi connectivity index (χ4n) is 3.94. The van der Waals surface area contributed by atoms with Crippen molar-refractivity contribution in [1.82, 2.24) is 15.2 Å². The second-order valence-corrected chi connectivity index (χ2v) is 8.72. The Morgan fingerprint density at radius 3 is 3.10 bits per heavy atom. The normalized spacial score (nSPS) is 21.5. The smallest absolute Gasteiger partial charge is 0.252 e. The zero-order valence-electron chi connectivity index (χ0n) is 17.4. The number of carbonyl (C=O) groups excluding carboxylic acids is 2. The van der Waals surface area contributed by atoms with Gasteiger partial charge in [0.15, 0.2) is 0 Å². The maximum atomic E-state index is 12.9. The molecule has 2 aliphatic heterocycles. The van der Waals surface area contributed by atoms with Crippen LogP contribution in [0.4, 0.5) is 5.69 Å². The molecule has 2 fully saturated rings. The van der Waals surface area contributed by atoms with Crippen molar-refractivity contribution >= 4 is 40.2 Å². The van der Waals surface area contributed by atoms with Crippen molar-refractivity contribution in [1.29, 1.82) is 5.26 Å². The van der Waals surface area contributed by atoms with Gasteiger partial charge in [0.2, 0.25) is 5.91 Å². The lowest BCUT2D eigenvalue weighted by atomic mass is 10.1. The molecule has 0 radical (unpaired) electrons. The number of fused-ring (bicyclic) bond motifs is 1. The third-order valence-electron chi connectivity index (χ3n) is 5.63. The molecule has 8 nitrogen and oxygen atoms in total. The molecule has 1 aromatic carbocycles. The third kappa shape index (κ3) is 4.60. The number of benzene rings is 1. The molecule has 9 heteroatoms. The highest BCUT2D eigenvalue weighted by Gasteiger charge is 2.29. The first-order chi connectivity index (χ1) is 15.1. The Morgan fingerprint density at radius 2 is 2.26 bits per heavy atom. The lowest BCUT2D eigenvalue weighted by Crippen LogP contribution is -2.42. The summed E-state index contributed by atoms with van der Waals surface area (Å²) < 4.78 is 5.64. The van der Waals surface area contributed by atoms with Gasteiger partial charge in [0.05, 0.1) is 36.2 Å². The highest BCUT2D eigenvalue weighted by Crippen LogP contribution is 2.26. The van der Waals surface area contributed by atoms with E-state index >= 15 is 0 Å². The molecule has 2 saturated heterocycles. The van der Waals surface area contributed by atoms with E-state index in [4.69, 9.17) is 10.00 Å². The minimum Gasteiger partial charge on any atom is -0.379 e. The average Bonchev–Trinajstić information content (AvgIpc) is 3.17. The Kier molecular flexibility index (Phi) is 6.59. The molecule has 4 rings (SSSR count). The summed E-state index contributed by atoms with van der Waals surface area (Å²) in [6, 6.07) is 9.54. The van der Waals surface area contributed by atoms with Crippen molar-refractivity contribution in [3.63, 3.8) is 0 Å². The molecular weight excluding hydrogens is 414 g/mol. The number of amides is 2. The Balaban J connectivity index is 1.53. The molecule has 0 spiro atoms. The summed E-state index contributed by atoms with van der Waals surface area (Å²) in [5, 5.41) is 12.6. The fourth-order valence-corrected chi connectivity index (χ4v) is 5.05. The SMILES string of the molecule is CC1COCCCN1c1ccc2nccc(C(=O)NCC(=O)N3CSCC3C#N)c2c1. The molecule has 2 atom stereocenters. The van der Waals surface area contributed by atoms with Crippen LogP contribution in [0.2, 0.25) is 0 Å². The number of anilines is 1. The largest absolute Gasteiger partial charge is 0.379 e. The van der Waals surface area contributed by atoms with Crippen molar-refractivity contribution in [2.45, 2.75) is 25.4 Å². The molecule has 2 aliphatic rings. The van der Waals surface area contributed by atoms with Crippen LogP contribution in [-0.2, 0) is 9.53 Å².